The Morgan fingerprint density at radius 3 is 2.81 bits per heavy atom. The van der Waals surface area contributed by atoms with Crippen molar-refractivity contribution >= 4 is 17.6 Å². The summed E-state index contributed by atoms with van der Waals surface area (Å²) in [6.45, 7) is 4.43. The predicted molar refractivity (Wildman–Crippen MR) is 80.4 cm³/mol. The van der Waals surface area contributed by atoms with E-state index < -0.39 is 0 Å². The molecule has 108 valence electrons. The molecule has 5 heteroatoms. The van der Waals surface area contributed by atoms with Crippen molar-refractivity contribution in [2.24, 2.45) is 0 Å². The van der Waals surface area contributed by atoms with Crippen LogP contribution in [-0.4, -0.2) is 17.1 Å². The minimum Gasteiger partial charge on any atom is -0.461 e. The molecule has 2 aromatic rings. The molecule has 1 aromatic carbocycles. The first kappa shape index (κ1) is 15.1. The van der Waals surface area contributed by atoms with E-state index in [4.69, 9.17) is 21.6 Å². The van der Waals surface area contributed by atoms with Crippen LogP contribution in [0.5, 0.6) is 0 Å². The van der Waals surface area contributed by atoms with E-state index in [-0.39, 0.29) is 5.97 Å². The second-order valence-corrected chi connectivity index (χ2v) is 5.02. The molecule has 1 heterocycles. The molecule has 1 aromatic heterocycles. The smallest absolute Gasteiger partial charge is 0.355 e. The molecule has 0 bridgehead atoms. The molecule has 4 nitrogen and oxygen atoms in total. The van der Waals surface area contributed by atoms with Gasteiger partial charge in [-0.15, -0.1) is 0 Å². The molecule has 0 aliphatic heterocycles. The Labute approximate surface area is 128 Å². The lowest BCUT2D eigenvalue weighted by atomic mass is 10.1. The lowest BCUT2D eigenvalue weighted by Gasteiger charge is -2.11. The number of hydrogen-bond donors (Lipinski definition) is 0. The second kappa shape index (κ2) is 6.47. The fourth-order valence-corrected chi connectivity index (χ4v) is 2.36. The normalized spacial score (nSPS) is 10.2. The van der Waals surface area contributed by atoms with E-state index in [9.17, 15) is 4.79 Å². The highest BCUT2D eigenvalue weighted by atomic mass is 35.5. The third kappa shape index (κ3) is 3.26. The SMILES string of the molecule is CCOC(=O)c1c(C)ccn1Cc1ccc(C#N)cc1Cl. The molecule has 0 unspecified atom stereocenters. The van der Waals surface area contributed by atoms with Crippen molar-refractivity contribution in [1.82, 2.24) is 4.57 Å². The maximum atomic E-state index is 12.0. The van der Waals surface area contributed by atoms with Crippen LogP contribution < -0.4 is 0 Å². The van der Waals surface area contributed by atoms with Crippen LogP contribution in [0.2, 0.25) is 5.02 Å². The Kier molecular flexibility index (Phi) is 4.66. The number of ether oxygens (including phenoxy) is 1. The number of hydrogen-bond acceptors (Lipinski definition) is 3. The Morgan fingerprint density at radius 2 is 2.19 bits per heavy atom. The van der Waals surface area contributed by atoms with Crippen molar-refractivity contribution in [1.29, 1.82) is 5.26 Å². The highest BCUT2D eigenvalue weighted by Gasteiger charge is 2.16. The summed E-state index contributed by atoms with van der Waals surface area (Å²) in [6.07, 6.45) is 1.83. The second-order valence-electron chi connectivity index (χ2n) is 4.61. The molecule has 0 aliphatic carbocycles. The van der Waals surface area contributed by atoms with E-state index in [1.807, 2.05) is 25.3 Å². The number of carbonyl (C=O) groups excluding carboxylic acids is 1. The molecule has 21 heavy (non-hydrogen) atoms. The van der Waals surface area contributed by atoms with Crippen LogP contribution in [0.15, 0.2) is 30.5 Å². The van der Waals surface area contributed by atoms with Crippen LogP contribution in [-0.2, 0) is 11.3 Å². The van der Waals surface area contributed by atoms with Gasteiger partial charge < -0.3 is 9.30 Å². The first-order chi connectivity index (χ1) is 10.1. The van der Waals surface area contributed by atoms with E-state index >= 15 is 0 Å². The number of benzene rings is 1. The van der Waals surface area contributed by atoms with Gasteiger partial charge in [0.15, 0.2) is 0 Å². The minimum atomic E-state index is -0.343. The number of aromatic nitrogens is 1. The fraction of sp³-hybridized carbons (Fsp3) is 0.250. The third-order valence-electron chi connectivity index (χ3n) is 3.16. The Balaban J connectivity index is 2.33. The van der Waals surface area contributed by atoms with Gasteiger partial charge in [-0.2, -0.15) is 5.26 Å². The summed E-state index contributed by atoms with van der Waals surface area (Å²) in [7, 11) is 0. The summed E-state index contributed by atoms with van der Waals surface area (Å²) < 4.78 is 6.88. The summed E-state index contributed by atoms with van der Waals surface area (Å²) in [5.74, 6) is -0.343. The van der Waals surface area contributed by atoms with Crippen molar-refractivity contribution < 1.29 is 9.53 Å². The number of halogens is 1. The molecule has 0 radical (unpaired) electrons. The average Bonchev–Trinajstić information content (AvgIpc) is 2.82. The van der Waals surface area contributed by atoms with E-state index in [1.165, 1.54) is 0 Å². The summed E-state index contributed by atoms with van der Waals surface area (Å²) in [6, 6.07) is 9.04. The zero-order chi connectivity index (χ0) is 15.4. The van der Waals surface area contributed by atoms with Crippen LogP contribution in [0.1, 0.15) is 34.1 Å². The van der Waals surface area contributed by atoms with Crippen LogP contribution in [0.4, 0.5) is 0 Å². The summed E-state index contributed by atoms with van der Waals surface area (Å²) >= 11 is 6.18. The van der Waals surface area contributed by atoms with Crippen LogP contribution in [0, 0.1) is 18.3 Å². The van der Waals surface area contributed by atoms with Crippen molar-refractivity contribution in [3.8, 4) is 6.07 Å². The van der Waals surface area contributed by atoms with Crippen molar-refractivity contribution in [3.05, 3.63) is 57.9 Å². The molecule has 0 aliphatic rings. The van der Waals surface area contributed by atoms with Gasteiger partial charge in [0.25, 0.3) is 0 Å². The maximum absolute atomic E-state index is 12.0. The molecule has 0 saturated carbocycles. The first-order valence-corrected chi connectivity index (χ1v) is 6.96. The summed E-state index contributed by atoms with van der Waals surface area (Å²) in [5, 5.41) is 9.36. The van der Waals surface area contributed by atoms with Gasteiger partial charge in [0.05, 0.1) is 18.2 Å². The van der Waals surface area contributed by atoms with E-state index in [2.05, 4.69) is 0 Å². The number of rotatable bonds is 4. The van der Waals surface area contributed by atoms with Crippen molar-refractivity contribution in [2.45, 2.75) is 20.4 Å². The third-order valence-corrected chi connectivity index (χ3v) is 3.51. The van der Waals surface area contributed by atoms with Gasteiger partial charge in [0.1, 0.15) is 5.69 Å². The monoisotopic (exact) mass is 302 g/mol. The van der Waals surface area contributed by atoms with E-state index in [1.54, 1.807) is 29.7 Å². The average molecular weight is 303 g/mol. The Hall–Kier alpha value is -2.25. The number of carbonyl (C=O) groups is 1. The van der Waals surface area contributed by atoms with E-state index in [0.29, 0.717) is 29.4 Å². The van der Waals surface area contributed by atoms with Gasteiger partial charge >= 0.3 is 5.97 Å². The van der Waals surface area contributed by atoms with Gasteiger partial charge in [-0.05, 0) is 43.2 Å². The van der Waals surface area contributed by atoms with Crippen molar-refractivity contribution in [2.75, 3.05) is 6.61 Å². The highest BCUT2D eigenvalue weighted by Crippen LogP contribution is 2.21. The van der Waals surface area contributed by atoms with Crippen LogP contribution in [0.3, 0.4) is 0 Å². The zero-order valence-electron chi connectivity index (χ0n) is 11.9. The molecular weight excluding hydrogens is 288 g/mol. The molecule has 0 spiro atoms. The first-order valence-electron chi connectivity index (χ1n) is 6.58. The zero-order valence-corrected chi connectivity index (χ0v) is 12.6. The van der Waals surface area contributed by atoms with Gasteiger partial charge in [0, 0.05) is 17.8 Å². The van der Waals surface area contributed by atoms with Gasteiger partial charge in [0.2, 0.25) is 0 Å². The Bertz CT molecular complexity index is 714. The number of esters is 1. The van der Waals surface area contributed by atoms with E-state index in [0.717, 1.165) is 11.1 Å². The standard InChI is InChI=1S/C16H15ClN2O2/c1-3-21-16(20)15-11(2)6-7-19(15)10-13-5-4-12(9-18)8-14(13)17/h4-8H,3,10H2,1-2H3. The molecule has 0 saturated heterocycles. The van der Waals surface area contributed by atoms with Crippen molar-refractivity contribution in [3.63, 3.8) is 0 Å². The highest BCUT2D eigenvalue weighted by molar-refractivity contribution is 6.31. The fourth-order valence-electron chi connectivity index (χ4n) is 2.12. The molecule has 0 atom stereocenters. The number of nitriles is 1. The quantitative estimate of drug-likeness (QED) is 0.812. The molecule has 0 fully saturated rings. The van der Waals surface area contributed by atoms with Gasteiger partial charge in [-0.25, -0.2) is 4.79 Å². The van der Waals surface area contributed by atoms with Gasteiger partial charge in [-0.1, -0.05) is 17.7 Å². The maximum Gasteiger partial charge on any atom is 0.355 e. The molecule has 0 N–H and O–H groups in total. The summed E-state index contributed by atoms with van der Waals surface area (Å²) in [4.78, 5) is 12.0. The minimum absolute atomic E-state index is 0.334. The molecule has 0 amide bonds. The topological polar surface area (TPSA) is 55.0 Å². The summed E-state index contributed by atoms with van der Waals surface area (Å²) in [5.41, 5.74) is 2.74. The number of aryl methyl sites for hydroxylation is 1. The largest absolute Gasteiger partial charge is 0.461 e. The van der Waals surface area contributed by atoms with Gasteiger partial charge in [-0.3, -0.25) is 0 Å². The van der Waals surface area contributed by atoms with Crippen LogP contribution in [0.25, 0.3) is 0 Å². The molecule has 2 rings (SSSR count). The van der Waals surface area contributed by atoms with Crippen LogP contribution >= 0.6 is 11.6 Å². The number of nitrogens with zero attached hydrogens (tertiary/aromatic N) is 2. The molecular formula is C16H15ClN2O2. The lowest BCUT2D eigenvalue weighted by molar-refractivity contribution is 0.0513. The Morgan fingerprint density at radius 1 is 1.43 bits per heavy atom. The lowest BCUT2D eigenvalue weighted by Crippen LogP contribution is -2.14. The predicted octanol–water partition coefficient (Wildman–Crippen LogP) is 3.55.